The summed E-state index contributed by atoms with van der Waals surface area (Å²) in [6, 6.07) is 29.3. The SMILES string of the molecule is CCCCCc1ccc(-c2cc3cn(C/C=C4\OC(=O)C(OCc5ccccc5)=C4OCc4ccccc4)c(=O)nc3o2)cc1. The van der Waals surface area contributed by atoms with Gasteiger partial charge in [-0.25, -0.2) is 9.59 Å². The first kappa shape index (κ1) is 29.7. The zero-order valence-corrected chi connectivity index (χ0v) is 25.1. The molecule has 45 heavy (non-hydrogen) atoms. The van der Waals surface area contributed by atoms with Gasteiger partial charge in [0.05, 0.1) is 5.39 Å². The molecule has 3 heterocycles. The van der Waals surface area contributed by atoms with Gasteiger partial charge in [-0.15, -0.1) is 0 Å². The second kappa shape index (κ2) is 13.9. The third kappa shape index (κ3) is 7.24. The summed E-state index contributed by atoms with van der Waals surface area (Å²) in [5.41, 5.74) is 3.79. The van der Waals surface area contributed by atoms with Gasteiger partial charge in [-0.1, -0.05) is 105 Å². The van der Waals surface area contributed by atoms with Crippen LogP contribution in [0.15, 0.2) is 130 Å². The van der Waals surface area contributed by atoms with Gasteiger partial charge in [-0.05, 0) is 41.7 Å². The number of unbranched alkanes of at least 4 members (excludes halogenated alkanes) is 2. The molecule has 0 bridgehead atoms. The number of hydrogen-bond acceptors (Lipinski definition) is 7. The van der Waals surface area contributed by atoms with Gasteiger partial charge in [-0.2, -0.15) is 4.98 Å². The van der Waals surface area contributed by atoms with Gasteiger partial charge in [0.1, 0.15) is 19.0 Å². The fraction of sp³-hybridized carbons (Fsp3) is 0.216. The third-order valence-electron chi connectivity index (χ3n) is 7.53. The first-order chi connectivity index (χ1) is 22.1. The molecule has 0 fully saturated rings. The molecule has 0 aliphatic carbocycles. The first-order valence-corrected chi connectivity index (χ1v) is 15.2. The minimum atomic E-state index is -0.656. The van der Waals surface area contributed by atoms with Crippen molar-refractivity contribution in [1.82, 2.24) is 9.55 Å². The van der Waals surface area contributed by atoms with E-state index in [9.17, 15) is 9.59 Å². The Morgan fingerprint density at radius 2 is 1.47 bits per heavy atom. The van der Waals surface area contributed by atoms with Crippen LogP contribution in [-0.4, -0.2) is 15.5 Å². The Hall–Kier alpha value is -5.37. The maximum atomic E-state index is 12.9. The number of carbonyl (C=O) groups is 1. The average Bonchev–Trinajstić information content (AvgIpc) is 3.62. The van der Waals surface area contributed by atoms with E-state index in [-0.39, 0.29) is 42.7 Å². The number of hydrogen-bond donors (Lipinski definition) is 0. The van der Waals surface area contributed by atoms with Crippen LogP contribution in [0.3, 0.4) is 0 Å². The van der Waals surface area contributed by atoms with Gasteiger partial charge in [0, 0.05) is 18.3 Å². The molecule has 0 unspecified atom stereocenters. The molecule has 8 nitrogen and oxygen atoms in total. The van der Waals surface area contributed by atoms with E-state index in [1.54, 1.807) is 12.3 Å². The van der Waals surface area contributed by atoms with Gasteiger partial charge >= 0.3 is 11.7 Å². The number of furan rings is 1. The Kier molecular flexibility index (Phi) is 9.20. The number of rotatable bonds is 13. The van der Waals surface area contributed by atoms with Crippen molar-refractivity contribution < 1.29 is 23.4 Å². The number of allylic oxidation sites excluding steroid dienone is 1. The fourth-order valence-corrected chi connectivity index (χ4v) is 5.07. The van der Waals surface area contributed by atoms with Crippen molar-refractivity contribution in [3.63, 3.8) is 0 Å². The summed E-state index contributed by atoms with van der Waals surface area (Å²) >= 11 is 0. The summed E-state index contributed by atoms with van der Waals surface area (Å²) < 4.78 is 24.9. The number of esters is 1. The van der Waals surface area contributed by atoms with Crippen LogP contribution >= 0.6 is 0 Å². The lowest BCUT2D eigenvalue weighted by Gasteiger charge is -2.10. The molecule has 0 radical (unpaired) electrons. The van der Waals surface area contributed by atoms with Crippen molar-refractivity contribution in [3.05, 3.63) is 148 Å². The highest BCUT2D eigenvalue weighted by Gasteiger charge is 2.34. The molecule has 2 aromatic heterocycles. The molecule has 1 aliphatic heterocycles. The largest absolute Gasteiger partial charge is 0.481 e. The monoisotopic (exact) mass is 602 g/mol. The van der Waals surface area contributed by atoms with E-state index in [1.165, 1.54) is 29.4 Å². The van der Waals surface area contributed by atoms with Crippen molar-refractivity contribution in [2.75, 3.05) is 0 Å². The van der Waals surface area contributed by atoms with E-state index in [2.05, 4.69) is 24.0 Å². The molecule has 8 heteroatoms. The first-order valence-electron chi connectivity index (χ1n) is 15.2. The zero-order chi connectivity index (χ0) is 31.0. The van der Waals surface area contributed by atoms with Crippen LogP contribution in [-0.2, 0) is 45.2 Å². The van der Waals surface area contributed by atoms with Gasteiger partial charge in [0.25, 0.3) is 5.76 Å². The van der Waals surface area contributed by atoms with Crippen LogP contribution < -0.4 is 5.69 Å². The summed E-state index contributed by atoms with van der Waals surface area (Å²) in [5.74, 6) is 0.330. The van der Waals surface area contributed by atoms with Crippen LogP contribution in [0.2, 0.25) is 0 Å². The van der Waals surface area contributed by atoms with Crippen molar-refractivity contribution >= 4 is 17.1 Å². The summed E-state index contributed by atoms with van der Waals surface area (Å²) in [5, 5.41) is 0.682. The molecular weight excluding hydrogens is 568 g/mol. The van der Waals surface area contributed by atoms with E-state index in [1.807, 2.05) is 78.9 Å². The van der Waals surface area contributed by atoms with E-state index in [4.69, 9.17) is 18.6 Å². The summed E-state index contributed by atoms with van der Waals surface area (Å²) in [4.78, 5) is 30.0. The van der Waals surface area contributed by atoms with Gasteiger partial charge < -0.3 is 18.6 Å². The number of ether oxygens (including phenoxy) is 3. The number of aryl methyl sites for hydroxylation is 1. The molecule has 0 N–H and O–H groups in total. The van der Waals surface area contributed by atoms with Crippen molar-refractivity contribution in [2.45, 2.75) is 52.4 Å². The lowest BCUT2D eigenvalue weighted by atomic mass is 10.0. The second-order valence-electron chi connectivity index (χ2n) is 10.9. The third-order valence-corrected chi connectivity index (χ3v) is 7.53. The highest BCUT2D eigenvalue weighted by atomic mass is 16.6. The Bertz CT molecular complexity index is 1890. The highest BCUT2D eigenvalue weighted by Crippen LogP contribution is 2.30. The minimum absolute atomic E-state index is 0.0159. The molecule has 0 atom stereocenters. The fourth-order valence-electron chi connectivity index (χ4n) is 5.07. The van der Waals surface area contributed by atoms with E-state index < -0.39 is 11.7 Å². The summed E-state index contributed by atoms with van der Waals surface area (Å²) in [7, 11) is 0. The zero-order valence-electron chi connectivity index (χ0n) is 25.1. The Morgan fingerprint density at radius 3 is 2.13 bits per heavy atom. The number of aromatic nitrogens is 2. The number of benzene rings is 3. The molecule has 3 aromatic carbocycles. The van der Waals surface area contributed by atoms with Gasteiger partial charge in [-0.3, -0.25) is 4.57 Å². The minimum Gasteiger partial charge on any atom is -0.481 e. The molecule has 6 rings (SSSR count). The Balaban J connectivity index is 1.22. The normalized spacial score (nSPS) is 13.9. The predicted molar refractivity (Wildman–Crippen MR) is 171 cm³/mol. The number of nitrogens with zero attached hydrogens (tertiary/aromatic N) is 2. The van der Waals surface area contributed by atoms with Crippen LogP contribution in [0, 0.1) is 0 Å². The number of fused-ring (bicyclic) bond motifs is 1. The van der Waals surface area contributed by atoms with E-state index in [0.29, 0.717) is 11.1 Å². The smallest absolute Gasteiger partial charge is 0.383 e. The molecule has 5 aromatic rings. The Labute approximate surface area is 261 Å². The lowest BCUT2D eigenvalue weighted by Crippen LogP contribution is -2.21. The van der Waals surface area contributed by atoms with Crippen LogP contribution in [0.1, 0.15) is 42.9 Å². The van der Waals surface area contributed by atoms with E-state index in [0.717, 1.165) is 23.1 Å². The number of carbonyl (C=O) groups excluding carboxylic acids is 1. The molecule has 0 amide bonds. The Morgan fingerprint density at radius 1 is 0.800 bits per heavy atom. The molecule has 0 spiro atoms. The molecule has 228 valence electrons. The van der Waals surface area contributed by atoms with Crippen molar-refractivity contribution in [2.24, 2.45) is 0 Å². The molecule has 1 aliphatic rings. The lowest BCUT2D eigenvalue weighted by molar-refractivity contribution is -0.136. The quantitative estimate of drug-likeness (QED) is 0.102. The van der Waals surface area contributed by atoms with E-state index >= 15 is 0 Å². The average molecular weight is 603 g/mol. The van der Waals surface area contributed by atoms with Gasteiger partial charge in [0.15, 0.2) is 5.76 Å². The maximum absolute atomic E-state index is 12.9. The van der Waals surface area contributed by atoms with Crippen molar-refractivity contribution in [3.8, 4) is 11.3 Å². The standard InChI is InChI=1S/C37H34N2O6/c1-2-3-6-11-26-16-18-29(19-17-26)32-22-30-23-39(37(41)38-35(30)44-32)21-20-31-33(42-24-27-12-7-4-8-13-27)34(36(40)45-31)43-25-28-14-9-5-10-15-28/h4-5,7-10,12-20,22-23H,2-3,6,11,21,24-25H2,1H3/b31-20-. The molecular formula is C37H34N2O6. The molecule has 0 saturated carbocycles. The van der Waals surface area contributed by atoms with Crippen molar-refractivity contribution in [1.29, 1.82) is 0 Å². The summed E-state index contributed by atoms with van der Waals surface area (Å²) in [6.45, 7) is 2.65. The van der Waals surface area contributed by atoms with Crippen LogP contribution in [0.4, 0.5) is 0 Å². The van der Waals surface area contributed by atoms with Crippen LogP contribution in [0.25, 0.3) is 22.4 Å². The topological polar surface area (TPSA) is 92.8 Å². The number of cyclic esters (lactones) is 1. The van der Waals surface area contributed by atoms with Gasteiger partial charge in [0.2, 0.25) is 11.5 Å². The second-order valence-corrected chi connectivity index (χ2v) is 10.9. The molecule has 0 saturated heterocycles. The van der Waals surface area contributed by atoms with Crippen LogP contribution in [0.5, 0.6) is 0 Å². The highest BCUT2D eigenvalue weighted by molar-refractivity contribution is 5.91. The summed E-state index contributed by atoms with van der Waals surface area (Å²) in [6.07, 6.45) is 7.93. The predicted octanol–water partition coefficient (Wildman–Crippen LogP) is 7.48. The maximum Gasteiger partial charge on any atom is 0.383 e.